The standard InChI is InChI=1S/C9H18N4O3/c1-12(2)4-6-3-7(14)5-13(6)9(16)8(15)11-10/h6-7,14H,3-5,10H2,1-2H3,(H,11,15). The van der Waals surface area contributed by atoms with Crippen molar-refractivity contribution in [2.75, 3.05) is 27.2 Å². The number of nitrogens with zero attached hydrogens (tertiary/aromatic N) is 2. The van der Waals surface area contributed by atoms with Crippen molar-refractivity contribution in [3.8, 4) is 0 Å². The second-order valence-corrected chi connectivity index (χ2v) is 4.24. The van der Waals surface area contributed by atoms with E-state index in [2.05, 4.69) is 0 Å². The first-order chi connectivity index (χ1) is 7.45. The van der Waals surface area contributed by atoms with Gasteiger partial charge in [-0.3, -0.25) is 15.0 Å². The minimum Gasteiger partial charge on any atom is -0.391 e. The maximum Gasteiger partial charge on any atom is 0.323 e. The van der Waals surface area contributed by atoms with E-state index in [4.69, 9.17) is 5.84 Å². The third kappa shape index (κ3) is 2.91. The number of hydrogen-bond acceptors (Lipinski definition) is 5. The van der Waals surface area contributed by atoms with Crippen molar-refractivity contribution in [3.05, 3.63) is 0 Å². The highest BCUT2D eigenvalue weighted by molar-refractivity contribution is 6.34. The van der Waals surface area contributed by atoms with Crippen LogP contribution in [0.2, 0.25) is 0 Å². The van der Waals surface area contributed by atoms with Crippen LogP contribution in [0.5, 0.6) is 0 Å². The fraction of sp³-hybridized carbons (Fsp3) is 0.778. The smallest absolute Gasteiger partial charge is 0.323 e. The summed E-state index contributed by atoms with van der Waals surface area (Å²) in [7, 11) is 3.74. The first-order valence-corrected chi connectivity index (χ1v) is 5.10. The molecule has 1 fully saturated rings. The lowest BCUT2D eigenvalue weighted by Gasteiger charge is -2.25. The van der Waals surface area contributed by atoms with E-state index in [1.807, 2.05) is 19.0 Å². The van der Waals surface area contributed by atoms with E-state index in [9.17, 15) is 14.7 Å². The van der Waals surface area contributed by atoms with Crippen LogP contribution < -0.4 is 11.3 Å². The number of hydrogen-bond donors (Lipinski definition) is 3. The molecule has 7 heteroatoms. The summed E-state index contributed by atoms with van der Waals surface area (Å²) in [6, 6.07) is -0.144. The third-order valence-corrected chi connectivity index (χ3v) is 2.55. The Hall–Kier alpha value is -1.18. The summed E-state index contributed by atoms with van der Waals surface area (Å²) < 4.78 is 0. The minimum atomic E-state index is -0.849. The van der Waals surface area contributed by atoms with E-state index in [1.54, 1.807) is 5.43 Å². The van der Waals surface area contributed by atoms with E-state index in [-0.39, 0.29) is 12.6 Å². The van der Waals surface area contributed by atoms with E-state index >= 15 is 0 Å². The van der Waals surface area contributed by atoms with Gasteiger partial charge in [-0.15, -0.1) is 0 Å². The van der Waals surface area contributed by atoms with Crippen LogP contribution in [0.1, 0.15) is 6.42 Å². The van der Waals surface area contributed by atoms with E-state index in [0.717, 1.165) is 0 Å². The summed E-state index contributed by atoms with van der Waals surface area (Å²) in [5.74, 6) is 3.36. The second kappa shape index (κ2) is 5.24. The molecule has 0 radical (unpaired) electrons. The molecule has 16 heavy (non-hydrogen) atoms. The van der Waals surface area contributed by atoms with Gasteiger partial charge >= 0.3 is 11.8 Å². The number of hydrazine groups is 1. The number of amides is 2. The third-order valence-electron chi connectivity index (χ3n) is 2.55. The average molecular weight is 230 g/mol. The van der Waals surface area contributed by atoms with Crippen LogP contribution in [-0.2, 0) is 9.59 Å². The molecule has 1 rings (SSSR count). The zero-order valence-corrected chi connectivity index (χ0v) is 9.51. The Balaban J connectivity index is 2.69. The lowest BCUT2D eigenvalue weighted by Crippen LogP contribution is -2.49. The number of aliphatic hydroxyl groups excluding tert-OH is 1. The molecule has 2 unspecified atom stereocenters. The summed E-state index contributed by atoms with van der Waals surface area (Å²) >= 11 is 0. The van der Waals surface area contributed by atoms with Crippen LogP contribution in [-0.4, -0.2) is 66.1 Å². The predicted octanol–water partition coefficient (Wildman–Crippen LogP) is -2.50. The van der Waals surface area contributed by atoms with E-state index in [0.29, 0.717) is 13.0 Å². The molecule has 0 bridgehead atoms. The van der Waals surface area contributed by atoms with Crippen molar-refractivity contribution in [2.24, 2.45) is 5.84 Å². The van der Waals surface area contributed by atoms with Crippen LogP contribution >= 0.6 is 0 Å². The zero-order chi connectivity index (χ0) is 12.3. The van der Waals surface area contributed by atoms with Gasteiger partial charge in [0.1, 0.15) is 0 Å². The Morgan fingerprint density at radius 1 is 1.56 bits per heavy atom. The van der Waals surface area contributed by atoms with Gasteiger partial charge in [-0.2, -0.15) is 0 Å². The highest BCUT2D eigenvalue weighted by Gasteiger charge is 2.36. The van der Waals surface area contributed by atoms with Gasteiger partial charge < -0.3 is 14.9 Å². The summed E-state index contributed by atoms with van der Waals surface area (Å²) in [5, 5.41) is 9.51. The topological polar surface area (TPSA) is 98.9 Å². The number of β-amino-alcohol motifs (C(OH)–C–C–N with tert-alkyl or cyclic N) is 1. The molecule has 0 spiro atoms. The molecule has 2 amide bonds. The Morgan fingerprint density at radius 3 is 2.69 bits per heavy atom. The van der Waals surface area contributed by atoms with Gasteiger partial charge in [-0.25, -0.2) is 5.84 Å². The molecule has 1 heterocycles. The number of likely N-dealkylation sites (tertiary alicyclic amines) is 1. The Kier molecular flexibility index (Phi) is 4.22. The molecule has 4 N–H and O–H groups in total. The number of likely N-dealkylation sites (N-methyl/N-ethyl adjacent to an activating group) is 1. The quantitative estimate of drug-likeness (QED) is 0.211. The van der Waals surface area contributed by atoms with Crippen LogP contribution in [0.15, 0.2) is 0 Å². The van der Waals surface area contributed by atoms with Gasteiger partial charge in [0.25, 0.3) is 0 Å². The molecule has 7 nitrogen and oxygen atoms in total. The van der Waals surface area contributed by atoms with E-state index < -0.39 is 17.9 Å². The maximum absolute atomic E-state index is 11.6. The van der Waals surface area contributed by atoms with Crippen molar-refractivity contribution in [1.82, 2.24) is 15.2 Å². The fourth-order valence-corrected chi connectivity index (χ4v) is 1.93. The highest BCUT2D eigenvalue weighted by Crippen LogP contribution is 2.18. The Labute approximate surface area is 94.1 Å². The number of nitrogens with two attached hydrogens (primary N) is 1. The van der Waals surface area contributed by atoms with Crippen molar-refractivity contribution in [1.29, 1.82) is 0 Å². The Morgan fingerprint density at radius 2 is 2.19 bits per heavy atom. The van der Waals surface area contributed by atoms with Gasteiger partial charge in [-0.05, 0) is 20.5 Å². The normalized spacial score (nSPS) is 24.9. The summed E-state index contributed by atoms with van der Waals surface area (Å²) in [6.45, 7) is 0.797. The molecule has 92 valence electrons. The highest BCUT2D eigenvalue weighted by atomic mass is 16.3. The summed E-state index contributed by atoms with van der Waals surface area (Å²) in [4.78, 5) is 26.0. The van der Waals surface area contributed by atoms with Crippen molar-refractivity contribution >= 4 is 11.8 Å². The maximum atomic E-state index is 11.6. The molecule has 1 saturated heterocycles. The molecular weight excluding hydrogens is 212 g/mol. The van der Waals surface area contributed by atoms with Crippen LogP contribution in [0, 0.1) is 0 Å². The molecule has 0 aliphatic carbocycles. The first kappa shape index (κ1) is 12.9. The summed E-state index contributed by atoms with van der Waals surface area (Å²) in [5.41, 5.74) is 1.80. The summed E-state index contributed by atoms with van der Waals surface area (Å²) in [6.07, 6.45) is -0.0821. The minimum absolute atomic E-state index is 0.144. The molecule has 0 aromatic carbocycles. The van der Waals surface area contributed by atoms with Gasteiger partial charge in [0, 0.05) is 19.1 Å². The van der Waals surface area contributed by atoms with Crippen molar-refractivity contribution in [3.63, 3.8) is 0 Å². The molecule has 1 aliphatic heterocycles. The number of carbonyl (C=O) groups excluding carboxylic acids is 2. The first-order valence-electron chi connectivity index (χ1n) is 5.10. The lowest BCUT2D eigenvalue weighted by atomic mass is 10.2. The number of rotatable bonds is 2. The SMILES string of the molecule is CN(C)CC1CC(O)CN1C(=O)C(=O)NN. The Bertz CT molecular complexity index is 282. The van der Waals surface area contributed by atoms with Crippen LogP contribution in [0.25, 0.3) is 0 Å². The lowest BCUT2D eigenvalue weighted by molar-refractivity contribution is -0.146. The van der Waals surface area contributed by atoms with Gasteiger partial charge in [-0.1, -0.05) is 0 Å². The average Bonchev–Trinajstić information content (AvgIpc) is 2.56. The molecule has 0 aromatic rings. The van der Waals surface area contributed by atoms with Gasteiger partial charge in [0.05, 0.1) is 6.10 Å². The second-order valence-electron chi connectivity index (χ2n) is 4.24. The van der Waals surface area contributed by atoms with Crippen LogP contribution in [0.3, 0.4) is 0 Å². The van der Waals surface area contributed by atoms with Gasteiger partial charge in [0.15, 0.2) is 0 Å². The number of aliphatic hydroxyl groups is 1. The monoisotopic (exact) mass is 230 g/mol. The fourth-order valence-electron chi connectivity index (χ4n) is 1.93. The molecular formula is C9H18N4O3. The molecule has 0 aromatic heterocycles. The van der Waals surface area contributed by atoms with E-state index in [1.165, 1.54) is 4.90 Å². The van der Waals surface area contributed by atoms with Crippen molar-refractivity contribution in [2.45, 2.75) is 18.6 Å². The molecule has 2 atom stereocenters. The zero-order valence-electron chi connectivity index (χ0n) is 9.51. The van der Waals surface area contributed by atoms with Crippen LogP contribution in [0.4, 0.5) is 0 Å². The number of carbonyl (C=O) groups is 2. The van der Waals surface area contributed by atoms with Crippen molar-refractivity contribution < 1.29 is 14.7 Å². The van der Waals surface area contributed by atoms with Gasteiger partial charge in [0.2, 0.25) is 0 Å². The predicted molar refractivity (Wildman–Crippen MR) is 57.0 cm³/mol. The number of nitrogens with one attached hydrogen (secondary N) is 1. The molecule has 1 aliphatic rings. The largest absolute Gasteiger partial charge is 0.391 e. The molecule has 0 saturated carbocycles.